The number of rotatable bonds is 3. The zero-order chi connectivity index (χ0) is 22.3. The van der Waals surface area contributed by atoms with Crippen LogP contribution in [-0.2, 0) is 6.18 Å². The molecular weight excluding hydrogens is 409 g/mol. The predicted octanol–water partition coefficient (Wildman–Crippen LogP) is 4.79. The average molecular weight is 428 g/mol. The molecule has 31 heavy (non-hydrogen) atoms. The summed E-state index contributed by atoms with van der Waals surface area (Å²) in [5.41, 5.74) is 0.683. The lowest BCUT2D eigenvalue weighted by molar-refractivity contribution is -0.138. The Bertz CT molecular complexity index is 1160. The van der Waals surface area contributed by atoms with Gasteiger partial charge in [0.1, 0.15) is 5.69 Å². The number of hydrogen-bond donors (Lipinski definition) is 1. The van der Waals surface area contributed by atoms with E-state index in [1.807, 2.05) is 6.92 Å². The lowest BCUT2D eigenvalue weighted by Crippen LogP contribution is -2.29. The summed E-state index contributed by atoms with van der Waals surface area (Å²) < 4.78 is 40.9. The van der Waals surface area contributed by atoms with Crippen molar-refractivity contribution in [2.24, 2.45) is 0 Å². The van der Waals surface area contributed by atoms with Gasteiger partial charge in [-0.15, -0.1) is 0 Å². The molecule has 2 aromatic heterocycles. The molecule has 1 amide bonds. The van der Waals surface area contributed by atoms with Crippen molar-refractivity contribution in [3.8, 4) is 0 Å². The summed E-state index contributed by atoms with van der Waals surface area (Å²) in [6.07, 6.45) is 0.311. The number of benzene rings is 1. The smallest absolute Gasteiger partial charge is 0.319 e. The van der Waals surface area contributed by atoms with Crippen LogP contribution in [0, 0.1) is 6.92 Å². The van der Waals surface area contributed by atoms with Crippen molar-refractivity contribution in [1.82, 2.24) is 14.8 Å². The molecular formula is C22H19F3N4O2. The van der Waals surface area contributed by atoms with E-state index < -0.39 is 23.6 Å². The first-order valence-electron chi connectivity index (χ1n) is 9.67. The molecule has 2 atom stereocenters. The number of hydrogen-bond acceptors (Lipinski definition) is 4. The fourth-order valence-electron chi connectivity index (χ4n) is 3.95. The van der Waals surface area contributed by atoms with E-state index in [1.165, 1.54) is 31.5 Å². The Kier molecular flexibility index (Phi) is 5.12. The van der Waals surface area contributed by atoms with Gasteiger partial charge in [0, 0.05) is 12.4 Å². The van der Waals surface area contributed by atoms with Crippen molar-refractivity contribution in [2.45, 2.75) is 38.4 Å². The highest BCUT2D eigenvalue weighted by atomic mass is 19.4. The molecule has 1 aromatic carbocycles. The molecule has 3 aromatic rings. The summed E-state index contributed by atoms with van der Waals surface area (Å²) >= 11 is 0. The summed E-state index contributed by atoms with van der Waals surface area (Å²) in [6.45, 7) is 3.26. The van der Waals surface area contributed by atoms with Crippen molar-refractivity contribution in [2.75, 3.05) is 5.32 Å². The predicted molar refractivity (Wildman–Crippen MR) is 107 cm³/mol. The van der Waals surface area contributed by atoms with E-state index in [-0.39, 0.29) is 28.8 Å². The third-order valence-corrected chi connectivity index (χ3v) is 5.47. The van der Waals surface area contributed by atoms with Crippen LogP contribution < -0.4 is 5.32 Å². The molecule has 0 saturated carbocycles. The minimum absolute atomic E-state index is 0.0645. The van der Waals surface area contributed by atoms with Crippen LogP contribution in [0.1, 0.15) is 62.8 Å². The number of pyridine rings is 1. The molecule has 0 fully saturated rings. The molecule has 1 N–H and O–H groups in total. The number of fused-ring (bicyclic) bond motifs is 1. The number of amides is 1. The van der Waals surface area contributed by atoms with Crippen LogP contribution in [0.4, 0.5) is 18.9 Å². The van der Waals surface area contributed by atoms with Gasteiger partial charge in [0.2, 0.25) is 0 Å². The average Bonchev–Trinajstić information content (AvgIpc) is 3.15. The van der Waals surface area contributed by atoms with E-state index in [2.05, 4.69) is 15.4 Å². The number of ketones is 1. The van der Waals surface area contributed by atoms with Crippen molar-refractivity contribution >= 4 is 17.4 Å². The quantitative estimate of drug-likeness (QED) is 0.651. The number of nitrogens with zero attached hydrogens (tertiary/aromatic N) is 3. The van der Waals surface area contributed by atoms with Gasteiger partial charge in [0.25, 0.3) is 5.91 Å². The number of Topliss-reactive ketones (excluding diaryl/α,β-unsaturated/α-hetero) is 1. The largest absolute Gasteiger partial charge is 0.416 e. The van der Waals surface area contributed by atoms with E-state index in [0.717, 1.165) is 6.07 Å². The standard InChI is InChI=1S/C22H19F3N4O2/c1-12-8-14(5-6-17(12)22(23,24)25)16-9-13(2)29-19(20(16)30)18(11-27-29)28-21(31)15-4-3-7-26-10-15/h3-8,10-11,13,16H,9H2,1-2H3,(H,28,31)/t13-,16?/m0/s1. The fraction of sp³-hybridized carbons (Fsp3) is 0.273. The van der Waals surface area contributed by atoms with Crippen LogP contribution in [0.15, 0.2) is 48.9 Å². The minimum Gasteiger partial charge on any atom is -0.319 e. The summed E-state index contributed by atoms with van der Waals surface area (Å²) in [5.74, 6) is -1.36. The van der Waals surface area contributed by atoms with Gasteiger partial charge >= 0.3 is 6.18 Å². The van der Waals surface area contributed by atoms with E-state index in [1.54, 1.807) is 23.0 Å². The van der Waals surface area contributed by atoms with Crippen LogP contribution in [0.3, 0.4) is 0 Å². The second kappa shape index (κ2) is 7.64. The number of anilines is 1. The topological polar surface area (TPSA) is 76.9 Å². The Hall–Kier alpha value is -3.49. The van der Waals surface area contributed by atoms with Gasteiger partial charge in [-0.2, -0.15) is 18.3 Å². The molecule has 0 spiro atoms. The Morgan fingerprint density at radius 1 is 1.23 bits per heavy atom. The Morgan fingerprint density at radius 2 is 2.00 bits per heavy atom. The molecule has 4 rings (SSSR count). The first-order chi connectivity index (χ1) is 14.7. The van der Waals surface area contributed by atoms with E-state index in [4.69, 9.17) is 0 Å². The highest BCUT2D eigenvalue weighted by Crippen LogP contribution is 2.40. The molecule has 6 nitrogen and oxygen atoms in total. The highest BCUT2D eigenvalue weighted by Gasteiger charge is 2.37. The number of carbonyl (C=O) groups is 2. The van der Waals surface area contributed by atoms with E-state index >= 15 is 0 Å². The molecule has 0 radical (unpaired) electrons. The normalized spacial score (nSPS) is 18.5. The van der Waals surface area contributed by atoms with Gasteiger partial charge < -0.3 is 5.32 Å². The van der Waals surface area contributed by atoms with Gasteiger partial charge in [-0.1, -0.05) is 12.1 Å². The molecule has 0 bridgehead atoms. The summed E-state index contributed by atoms with van der Waals surface area (Å²) in [5, 5.41) is 6.94. The van der Waals surface area contributed by atoms with E-state index in [0.29, 0.717) is 17.5 Å². The lowest BCUT2D eigenvalue weighted by atomic mass is 9.83. The molecule has 3 heterocycles. The van der Waals surface area contributed by atoms with Crippen LogP contribution in [0.5, 0.6) is 0 Å². The zero-order valence-electron chi connectivity index (χ0n) is 16.8. The van der Waals surface area contributed by atoms with Crippen molar-refractivity contribution in [3.05, 3.63) is 76.9 Å². The lowest BCUT2D eigenvalue weighted by Gasteiger charge is -2.28. The molecule has 160 valence electrons. The van der Waals surface area contributed by atoms with Gasteiger partial charge in [-0.25, -0.2) is 0 Å². The van der Waals surface area contributed by atoms with Crippen molar-refractivity contribution in [1.29, 1.82) is 0 Å². The van der Waals surface area contributed by atoms with Gasteiger partial charge in [-0.05, 0) is 49.6 Å². The molecule has 0 saturated heterocycles. The van der Waals surface area contributed by atoms with Gasteiger partial charge in [0.15, 0.2) is 5.78 Å². The third kappa shape index (κ3) is 3.83. The zero-order valence-corrected chi connectivity index (χ0v) is 16.8. The summed E-state index contributed by atoms with van der Waals surface area (Å²) in [6, 6.07) is 6.82. The first-order valence-corrected chi connectivity index (χ1v) is 9.67. The van der Waals surface area contributed by atoms with Crippen LogP contribution in [0.2, 0.25) is 0 Å². The number of halogens is 3. The molecule has 0 aliphatic carbocycles. The summed E-state index contributed by atoms with van der Waals surface area (Å²) in [7, 11) is 0. The number of alkyl halides is 3. The maximum atomic E-state index is 13.3. The Morgan fingerprint density at radius 3 is 2.65 bits per heavy atom. The summed E-state index contributed by atoms with van der Waals surface area (Å²) in [4.78, 5) is 29.7. The van der Waals surface area contributed by atoms with E-state index in [9.17, 15) is 22.8 Å². The SMILES string of the molecule is Cc1cc(C2C[C@H](C)n3ncc(NC(=O)c4cccnc4)c3C2=O)ccc1C(F)(F)F. The molecule has 1 aliphatic rings. The molecule has 9 heteroatoms. The second-order valence-corrected chi connectivity index (χ2v) is 7.62. The molecule has 1 unspecified atom stereocenters. The molecule has 1 aliphatic heterocycles. The monoisotopic (exact) mass is 428 g/mol. The van der Waals surface area contributed by atoms with Crippen molar-refractivity contribution in [3.63, 3.8) is 0 Å². The first kappa shape index (κ1) is 20.8. The Balaban J connectivity index is 1.66. The maximum Gasteiger partial charge on any atom is 0.416 e. The van der Waals surface area contributed by atoms with Crippen molar-refractivity contribution < 1.29 is 22.8 Å². The fourth-order valence-corrected chi connectivity index (χ4v) is 3.95. The van der Waals surface area contributed by atoms with Gasteiger partial charge in [-0.3, -0.25) is 19.3 Å². The number of carbonyl (C=O) groups excluding carboxylic acids is 2. The van der Waals surface area contributed by atoms with Crippen LogP contribution in [-0.4, -0.2) is 26.5 Å². The highest BCUT2D eigenvalue weighted by molar-refractivity contribution is 6.10. The number of aryl methyl sites for hydroxylation is 1. The van der Waals surface area contributed by atoms with Crippen LogP contribution >= 0.6 is 0 Å². The van der Waals surface area contributed by atoms with Gasteiger partial charge in [0.05, 0.1) is 35.0 Å². The number of nitrogens with one attached hydrogen (secondary N) is 1. The maximum absolute atomic E-state index is 13.3. The Labute approximate surface area is 176 Å². The van der Waals surface area contributed by atoms with Crippen LogP contribution in [0.25, 0.3) is 0 Å². The second-order valence-electron chi connectivity index (χ2n) is 7.62. The third-order valence-electron chi connectivity index (χ3n) is 5.47. The number of aromatic nitrogens is 3. The minimum atomic E-state index is -4.45.